The highest BCUT2D eigenvalue weighted by molar-refractivity contribution is 5.99. The molecule has 4 unspecified atom stereocenters. The van der Waals surface area contributed by atoms with E-state index in [2.05, 4.69) is 47.9 Å². The molecule has 7 rings (SSSR count). The summed E-state index contributed by atoms with van der Waals surface area (Å²) < 4.78 is 13.5. The van der Waals surface area contributed by atoms with E-state index in [1.54, 1.807) is 0 Å². The van der Waals surface area contributed by atoms with Gasteiger partial charge in [0.1, 0.15) is 5.82 Å². The molecule has 3 fully saturated rings. The van der Waals surface area contributed by atoms with Crippen LogP contribution in [-0.2, 0) is 6.42 Å². The summed E-state index contributed by atoms with van der Waals surface area (Å²) in [6.45, 7) is 8.46. The Kier molecular flexibility index (Phi) is 9.84. The Balaban J connectivity index is 1.29. The van der Waals surface area contributed by atoms with E-state index in [9.17, 15) is 19.4 Å². The van der Waals surface area contributed by atoms with Crippen molar-refractivity contribution in [1.29, 1.82) is 0 Å². The second-order valence-corrected chi connectivity index (χ2v) is 14.9. The van der Waals surface area contributed by atoms with Crippen LogP contribution in [-0.4, -0.2) is 65.3 Å². The van der Waals surface area contributed by atoms with Gasteiger partial charge in [0.2, 0.25) is 0 Å². The first-order valence-corrected chi connectivity index (χ1v) is 17.6. The molecule has 0 radical (unpaired) electrons. The molecule has 4 aliphatic carbocycles. The van der Waals surface area contributed by atoms with Crippen LogP contribution in [0.2, 0.25) is 0 Å². The van der Waals surface area contributed by atoms with Crippen molar-refractivity contribution in [2.75, 3.05) is 37.6 Å². The average molecular weight is 617 g/mol. The summed E-state index contributed by atoms with van der Waals surface area (Å²) in [6, 6.07) is 13.2. The van der Waals surface area contributed by atoms with Gasteiger partial charge < -0.3 is 15.1 Å². The van der Waals surface area contributed by atoms with Crippen molar-refractivity contribution in [3.63, 3.8) is 0 Å². The number of hydrogen-bond donors (Lipinski definition) is 2. The summed E-state index contributed by atoms with van der Waals surface area (Å²) in [5.74, 6) is 0.221. The lowest BCUT2D eigenvalue weighted by Crippen LogP contribution is -2.56. The zero-order valence-corrected chi connectivity index (χ0v) is 27.4. The SMILES string of the molecule is CC1=CCCC2(C)C(CCC2(O)CN2CCN(c3ccc(F)cc3)CC2)c2ccc(cc2C(=O)C2CCCCC2)CC(O)CC1. The summed E-state index contributed by atoms with van der Waals surface area (Å²) >= 11 is 0. The average Bonchev–Trinajstić information content (AvgIpc) is 3.29. The Hall–Kier alpha value is -2.54. The topological polar surface area (TPSA) is 64.0 Å². The number of carbonyl (C=O) groups excluding carboxylic acids is 1. The number of fused-ring (bicyclic) bond motifs is 8. The van der Waals surface area contributed by atoms with Gasteiger partial charge in [-0.05, 0) is 112 Å². The van der Waals surface area contributed by atoms with E-state index >= 15 is 0 Å². The molecule has 0 amide bonds. The van der Waals surface area contributed by atoms with Crippen molar-refractivity contribution in [2.24, 2.45) is 11.3 Å². The van der Waals surface area contributed by atoms with Crippen LogP contribution in [0.15, 0.2) is 54.1 Å². The zero-order chi connectivity index (χ0) is 31.6. The molecule has 2 aromatic carbocycles. The Morgan fingerprint density at radius 2 is 1.69 bits per heavy atom. The van der Waals surface area contributed by atoms with Gasteiger partial charge in [-0.2, -0.15) is 0 Å². The molecule has 2 aromatic rings. The van der Waals surface area contributed by atoms with Gasteiger partial charge in [0.05, 0.1) is 11.7 Å². The highest BCUT2D eigenvalue weighted by Crippen LogP contribution is 2.59. The van der Waals surface area contributed by atoms with E-state index in [1.807, 2.05) is 12.1 Å². The quantitative estimate of drug-likeness (QED) is 0.270. The molecule has 4 atom stereocenters. The van der Waals surface area contributed by atoms with Crippen molar-refractivity contribution in [3.8, 4) is 0 Å². The number of anilines is 1. The Labute approximate surface area is 269 Å². The van der Waals surface area contributed by atoms with Crippen LogP contribution in [0.5, 0.6) is 0 Å². The fraction of sp³-hybridized carbons (Fsp3) is 0.615. The molecule has 1 saturated heterocycles. The molecule has 5 nitrogen and oxygen atoms in total. The minimum atomic E-state index is -0.880. The van der Waals surface area contributed by atoms with Crippen LogP contribution in [0.4, 0.5) is 10.1 Å². The molecule has 1 heterocycles. The lowest BCUT2D eigenvalue weighted by atomic mass is 9.64. The molecule has 5 aliphatic rings. The van der Waals surface area contributed by atoms with Gasteiger partial charge >= 0.3 is 0 Å². The molecule has 1 aliphatic heterocycles. The number of halogens is 1. The largest absolute Gasteiger partial charge is 0.393 e. The van der Waals surface area contributed by atoms with Gasteiger partial charge in [-0.1, -0.05) is 50.0 Å². The maximum atomic E-state index is 14.2. The molecule has 6 heteroatoms. The first-order chi connectivity index (χ1) is 21.6. The van der Waals surface area contributed by atoms with Crippen LogP contribution < -0.4 is 4.90 Å². The van der Waals surface area contributed by atoms with Crippen LogP contribution in [0.1, 0.15) is 112 Å². The predicted octanol–water partition coefficient (Wildman–Crippen LogP) is 7.45. The maximum absolute atomic E-state index is 14.2. The Bertz CT molecular complexity index is 1360. The highest BCUT2D eigenvalue weighted by Gasteiger charge is 2.57. The molecule has 45 heavy (non-hydrogen) atoms. The van der Waals surface area contributed by atoms with Crippen LogP contribution in [0, 0.1) is 17.2 Å². The second kappa shape index (κ2) is 13.7. The number of rotatable bonds is 5. The number of piperazine rings is 1. The maximum Gasteiger partial charge on any atom is 0.166 e. The first kappa shape index (κ1) is 32.4. The molecule has 2 bridgehead atoms. The first-order valence-electron chi connectivity index (χ1n) is 17.6. The van der Waals surface area contributed by atoms with Gasteiger partial charge in [0.25, 0.3) is 0 Å². The Morgan fingerprint density at radius 1 is 0.956 bits per heavy atom. The predicted molar refractivity (Wildman–Crippen MR) is 179 cm³/mol. The lowest BCUT2D eigenvalue weighted by Gasteiger charge is -2.47. The third kappa shape index (κ3) is 6.94. The third-order valence-electron chi connectivity index (χ3n) is 12.0. The molecule has 2 N–H and O–H groups in total. The number of β-amino-alcohol motifs (C(OH)–C–C–N with tert-alkyl or cyclic N) is 1. The number of Topliss-reactive ketones (excluding diaryl/α,β-unsaturated/α-hetero) is 1. The number of carbonyl (C=O) groups is 1. The number of allylic oxidation sites excluding steroid dienone is 2. The van der Waals surface area contributed by atoms with E-state index in [-0.39, 0.29) is 23.4 Å². The van der Waals surface area contributed by atoms with E-state index in [0.717, 1.165) is 99.9 Å². The van der Waals surface area contributed by atoms with E-state index < -0.39 is 17.1 Å². The fourth-order valence-corrected chi connectivity index (χ4v) is 8.98. The van der Waals surface area contributed by atoms with Crippen LogP contribution in [0.3, 0.4) is 0 Å². The summed E-state index contributed by atoms with van der Waals surface area (Å²) in [4.78, 5) is 19.0. The number of aliphatic hydroxyl groups excluding tert-OH is 1. The molecule has 244 valence electrons. The third-order valence-corrected chi connectivity index (χ3v) is 12.0. The van der Waals surface area contributed by atoms with Gasteiger partial charge in [0.15, 0.2) is 5.78 Å². The summed E-state index contributed by atoms with van der Waals surface area (Å²) in [5.41, 5.74) is 4.07. The molecular formula is C39H53FN2O3. The molecule has 0 aromatic heterocycles. The van der Waals surface area contributed by atoms with E-state index in [4.69, 9.17) is 0 Å². The van der Waals surface area contributed by atoms with Crippen LogP contribution in [0.25, 0.3) is 0 Å². The summed E-state index contributed by atoms with van der Waals surface area (Å²) in [5, 5.41) is 23.6. The standard InChI is InChI=1S/C39H53FN2O3/c1-28-7-6-19-38(2)36(18-20-39(38,45)27-41-21-23-42(24-22-41)32-14-12-31(40)13-15-32)34-17-11-29(25-33(43)16-10-28)26-35(34)37(44)30-8-4-3-5-9-30/h7,11-15,17,26,30,33,36,43,45H,3-6,8-10,16,18-25,27H2,1-2H3. The van der Waals surface area contributed by atoms with Crippen molar-refractivity contribution < 1.29 is 19.4 Å². The molecule has 0 spiro atoms. The van der Waals surface area contributed by atoms with Gasteiger partial charge in [-0.15, -0.1) is 0 Å². The fourth-order valence-electron chi connectivity index (χ4n) is 8.98. The number of nitrogens with zero attached hydrogens (tertiary/aromatic N) is 2. The molecular weight excluding hydrogens is 563 g/mol. The lowest BCUT2D eigenvalue weighted by molar-refractivity contribution is -0.0841. The summed E-state index contributed by atoms with van der Waals surface area (Å²) in [7, 11) is 0. The number of aliphatic hydroxyl groups is 2. The number of hydrogen-bond acceptors (Lipinski definition) is 5. The minimum absolute atomic E-state index is 0.0751. The van der Waals surface area contributed by atoms with Crippen molar-refractivity contribution in [1.82, 2.24) is 4.90 Å². The van der Waals surface area contributed by atoms with Crippen molar-refractivity contribution in [2.45, 2.75) is 109 Å². The Morgan fingerprint density at radius 3 is 2.42 bits per heavy atom. The van der Waals surface area contributed by atoms with Crippen molar-refractivity contribution >= 4 is 11.5 Å². The minimum Gasteiger partial charge on any atom is -0.393 e. The summed E-state index contributed by atoms with van der Waals surface area (Å²) in [6.07, 6.45) is 12.7. The van der Waals surface area contributed by atoms with Gasteiger partial charge in [-0.25, -0.2) is 4.39 Å². The smallest absolute Gasteiger partial charge is 0.166 e. The molecule has 2 saturated carbocycles. The van der Waals surface area contributed by atoms with Crippen LogP contribution >= 0.6 is 0 Å². The van der Waals surface area contributed by atoms with E-state index in [1.165, 1.54) is 24.1 Å². The van der Waals surface area contributed by atoms with Gasteiger partial charge in [-0.3, -0.25) is 9.69 Å². The normalized spacial score (nSPS) is 30.5. The van der Waals surface area contributed by atoms with E-state index in [0.29, 0.717) is 25.8 Å². The van der Waals surface area contributed by atoms with Crippen molar-refractivity contribution in [3.05, 3.63) is 76.6 Å². The monoisotopic (exact) mass is 616 g/mol. The number of ketones is 1. The van der Waals surface area contributed by atoms with Gasteiger partial charge in [0, 0.05) is 55.3 Å². The second-order valence-electron chi connectivity index (χ2n) is 14.9. The number of benzene rings is 2. The zero-order valence-electron chi connectivity index (χ0n) is 27.4. The highest BCUT2D eigenvalue weighted by atomic mass is 19.1.